The lowest BCUT2D eigenvalue weighted by atomic mass is 10.0. The van der Waals surface area contributed by atoms with Crippen LogP contribution in [0.25, 0.3) is 0 Å². The standard InChI is InChI=1S/C11H17ClN2O2/c1-14-5-4-10(15)11(16)7-2-3-8(12)9(13)6-7/h2-3,6,10-11,14-16H,4-5,13H2,1H3. The topological polar surface area (TPSA) is 78.5 Å². The molecule has 5 heteroatoms. The molecule has 0 bridgehead atoms. The van der Waals surface area contributed by atoms with E-state index >= 15 is 0 Å². The third-order valence-corrected chi connectivity index (χ3v) is 2.76. The number of nitrogens with one attached hydrogen (secondary N) is 1. The normalized spacial score (nSPS) is 14.8. The van der Waals surface area contributed by atoms with Gasteiger partial charge in [-0.25, -0.2) is 0 Å². The molecular formula is C11H17ClN2O2. The molecular weight excluding hydrogens is 228 g/mol. The lowest BCUT2D eigenvalue weighted by Crippen LogP contribution is -2.23. The fourth-order valence-corrected chi connectivity index (χ4v) is 1.54. The molecule has 0 aliphatic heterocycles. The van der Waals surface area contributed by atoms with Crippen molar-refractivity contribution in [3.63, 3.8) is 0 Å². The smallest absolute Gasteiger partial charge is 0.105 e. The molecule has 1 aromatic carbocycles. The van der Waals surface area contributed by atoms with E-state index in [0.29, 0.717) is 29.2 Å². The number of benzene rings is 1. The Bertz CT molecular complexity index is 347. The second-order valence-corrected chi connectivity index (χ2v) is 4.09. The number of halogens is 1. The minimum Gasteiger partial charge on any atom is -0.398 e. The Morgan fingerprint density at radius 2 is 2.12 bits per heavy atom. The number of nitrogens with two attached hydrogens (primary N) is 1. The lowest BCUT2D eigenvalue weighted by Gasteiger charge is -2.18. The van der Waals surface area contributed by atoms with Crippen molar-refractivity contribution in [2.24, 2.45) is 0 Å². The third-order valence-electron chi connectivity index (χ3n) is 2.42. The van der Waals surface area contributed by atoms with E-state index in [1.54, 1.807) is 25.2 Å². The summed E-state index contributed by atoms with van der Waals surface area (Å²) in [5.74, 6) is 0. The van der Waals surface area contributed by atoms with E-state index in [1.807, 2.05) is 0 Å². The van der Waals surface area contributed by atoms with Crippen LogP contribution in [0.2, 0.25) is 5.02 Å². The zero-order chi connectivity index (χ0) is 12.1. The summed E-state index contributed by atoms with van der Waals surface area (Å²) >= 11 is 5.77. The molecule has 0 aliphatic rings. The monoisotopic (exact) mass is 244 g/mol. The van der Waals surface area contributed by atoms with Crippen molar-refractivity contribution in [3.05, 3.63) is 28.8 Å². The van der Waals surface area contributed by atoms with Crippen molar-refractivity contribution < 1.29 is 10.2 Å². The number of anilines is 1. The zero-order valence-electron chi connectivity index (χ0n) is 9.15. The summed E-state index contributed by atoms with van der Waals surface area (Å²) in [6.07, 6.45) is -1.28. The second kappa shape index (κ2) is 6.06. The fourth-order valence-electron chi connectivity index (χ4n) is 1.42. The Kier molecular flexibility index (Phi) is 5.02. The number of nitrogen functional groups attached to an aromatic ring is 1. The average molecular weight is 245 g/mol. The van der Waals surface area contributed by atoms with Gasteiger partial charge in [-0.1, -0.05) is 17.7 Å². The molecule has 0 radical (unpaired) electrons. The SMILES string of the molecule is CNCCC(O)C(O)c1ccc(Cl)c(N)c1. The maximum absolute atomic E-state index is 9.85. The Balaban J connectivity index is 2.71. The van der Waals surface area contributed by atoms with Crippen molar-refractivity contribution in [2.75, 3.05) is 19.3 Å². The molecule has 0 heterocycles. The Hall–Kier alpha value is -0.810. The summed E-state index contributed by atoms with van der Waals surface area (Å²) in [7, 11) is 1.79. The van der Waals surface area contributed by atoms with Crippen LogP contribution in [-0.4, -0.2) is 29.9 Å². The van der Waals surface area contributed by atoms with Crippen LogP contribution in [0.15, 0.2) is 18.2 Å². The third kappa shape index (κ3) is 3.35. The van der Waals surface area contributed by atoms with E-state index < -0.39 is 12.2 Å². The van der Waals surface area contributed by atoms with E-state index in [-0.39, 0.29) is 0 Å². The Labute approximate surface area is 100 Å². The van der Waals surface area contributed by atoms with Gasteiger partial charge < -0.3 is 21.3 Å². The highest BCUT2D eigenvalue weighted by molar-refractivity contribution is 6.33. The molecule has 90 valence electrons. The summed E-state index contributed by atoms with van der Waals surface area (Å²) in [5, 5.41) is 22.9. The lowest BCUT2D eigenvalue weighted by molar-refractivity contribution is 0.0141. The molecule has 0 fully saturated rings. The minimum absolute atomic E-state index is 0.402. The van der Waals surface area contributed by atoms with Crippen LogP contribution in [0, 0.1) is 0 Å². The molecule has 2 unspecified atom stereocenters. The predicted molar refractivity (Wildman–Crippen MR) is 65.4 cm³/mol. The molecule has 4 nitrogen and oxygen atoms in total. The molecule has 1 aromatic rings. The molecule has 0 amide bonds. The van der Waals surface area contributed by atoms with Gasteiger partial charge >= 0.3 is 0 Å². The molecule has 0 saturated carbocycles. The van der Waals surface area contributed by atoms with Gasteiger partial charge in [0.1, 0.15) is 6.10 Å². The first-order valence-corrected chi connectivity index (χ1v) is 5.49. The van der Waals surface area contributed by atoms with E-state index in [2.05, 4.69) is 5.32 Å². The van der Waals surface area contributed by atoms with Gasteiger partial charge in [0.25, 0.3) is 0 Å². The van der Waals surface area contributed by atoms with Crippen molar-refractivity contribution in [3.8, 4) is 0 Å². The van der Waals surface area contributed by atoms with Gasteiger partial charge in [0.05, 0.1) is 16.8 Å². The zero-order valence-corrected chi connectivity index (χ0v) is 9.91. The quantitative estimate of drug-likeness (QED) is 0.581. The summed E-state index contributed by atoms with van der Waals surface area (Å²) in [6.45, 7) is 0.640. The van der Waals surface area contributed by atoms with Crippen LogP contribution in [0.3, 0.4) is 0 Å². The van der Waals surface area contributed by atoms with E-state index in [4.69, 9.17) is 17.3 Å². The van der Waals surface area contributed by atoms with E-state index in [1.165, 1.54) is 0 Å². The molecule has 1 rings (SSSR count). The van der Waals surface area contributed by atoms with Crippen molar-refractivity contribution >= 4 is 17.3 Å². The first kappa shape index (κ1) is 13.3. The average Bonchev–Trinajstić information content (AvgIpc) is 2.28. The first-order chi connectivity index (χ1) is 7.56. The maximum Gasteiger partial charge on any atom is 0.105 e. The molecule has 16 heavy (non-hydrogen) atoms. The summed E-state index contributed by atoms with van der Waals surface area (Å²) < 4.78 is 0. The second-order valence-electron chi connectivity index (χ2n) is 3.69. The molecule has 2 atom stereocenters. The Morgan fingerprint density at radius 3 is 2.69 bits per heavy atom. The van der Waals surface area contributed by atoms with Gasteiger partial charge in [0.2, 0.25) is 0 Å². The molecule has 0 aliphatic carbocycles. The molecule has 5 N–H and O–H groups in total. The number of aliphatic hydroxyl groups is 2. The highest BCUT2D eigenvalue weighted by Crippen LogP contribution is 2.25. The van der Waals surface area contributed by atoms with E-state index in [9.17, 15) is 10.2 Å². The fraction of sp³-hybridized carbons (Fsp3) is 0.455. The van der Waals surface area contributed by atoms with Crippen molar-refractivity contribution in [1.29, 1.82) is 0 Å². The van der Waals surface area contributed by atoms with Crippen LogP contribution in [0.1, 0.15) is 18.1 Å². The predicted octanol–water partition coefficient (Wildman–Crippen LogP) is 0.926. The number of hydrogen-bond donors (Lipinski definition) is 4. The van der Waals surface area contributed by atoms with Gasteiger partial charge in [-0.15, -0.1) is 0 Å². The van der Waals surface area contributed by atoms with Crippen LogP contribution >= 0.6 is 11.6 Å². The maximum atomic E-state index is 9.85. The van der Waals surface area contributed by atoms with Gasteiger partial charge in [-0.3, -0.25) is 0 Å². The van der Waals surface area contributed by atoms with Gasteiger partial charge in [0.15, 0.2) is 0 Å². The number of rotatable bonds is 5. The first-order valence-electron chi connectivity index (χ1n) is 5.12. The van der Waals surface area contributed by atoms with Crippen LogP contribution in [0.4, 0.5) is 5.69 Å². The molecule has 0 saturated heterocycles. The van der Waals surface area contributed by atoms with Crippen molar-refractivity contribution in [2.45, 2.75) is 18.6 Å². The van der Waals surface area contributed by atoms with Crippen molar-refractivity contribution in [1.82, 2.24) is 5.32 Å². The Morgan fingerprint density at radius 1 is 1.44 bits per heavy atom. The van der Waals surface area contributed by atoms with Gasteiger partial charge in [0, 0.05) is 0 Å². The largest absolute Gasteiger partial charge is 0.398 e. The van der Waals surface area contributed by atoms with Gasteiger partial charge in [-0.2, -0.15) is 0 Å². The van der Waals surface area contributed by atoms with Crippen LogP contribution in [-0.2, 0) is 0 Å². The summed E-state index contributed by atoms with van der Waals surface area (Å²) in [6, 6.07) is 4.85. The highest BCUT2D eigenvalue weighted by Gasteiger charge is 2.18. The molecule has 0 spiro atoms. The minimum atomic E-state index is -0.937. The summed E-state index contributed by atoms with van der Waals surface area (Å²) in [4.78, 5) is 0. The van der Waals surface area contributed by atoms with Crippen LogP contribution in [0.5, 0.6) is 0 Å². The highest BCUT2D eigenvalue weighted by atomic mass is 35.5. The van der Waals surface area contributed by atoms with Gasteiger partial charge in [-0.05, 0) is 37.7 Å². The number of hydrogen-bond acceptors (Lipinski definition) is 4. The summed E-state index contributed by atoms with van der Waals surface area (Å²) in [5.41, 5.74) is 6.60. The van der Waals surface area contributed by atoms with Crippen LogP contribution < -0.4 is 11.1 Å². The number of aliphatic hydroxyl groups excluding tert-OH is 2. The molecule has 0 aromatic heterocycles. The van der Waals surface area contributed by atoms with E-state index in [0.717, 1.165) is 0 Å².